The summed E-state index contributed by atoms with van der Waals surface area (Å²) in [5.74, 6) is 0.972. The highest BCUT2D eigenvalue weighted by Crippen LogP contribution is 2.36. The monoisotopic (exact) mass is 381 g/mol. The summed E-state index contributed by atoms with van der Waals surface area (Å²) in [7, 11) is 0. The summed E-state index contributed by atoms with van der Waals surface area (Å²) in [5.41, 5.74) is 0.541. The standard InChI is InChI=1S/C22H23NO3S/c24-21(22(10-13-25-14-11-22)17-6-2-1-3-7-17)23-16-18(19-8-4-12-26-19)20-9-5-15-27-20/h1-9,12,15,18H,10-11,13-14,16H2,(H,23,24). The van der Waals surface area contributed by atoms with Gasteiger partial charge in [0.15, 0.2) is 0 Å². The molecule has 1 saturated heterocycles. The molecule has 1 N–H and O–H groups in total. The molecule has 1 aromatic carbocycles. The SMILES string of the molecule is O=C(NCC(c1ccco1)c1cccs1)C1(c2ccccc2)CCOCC1. The van der Waals surface area contributed by atoms with Crippen molar-refractivity contribution in [3.63, 3.8) is 0 Å². The van der Waals surface area contributed by atoms with Crippen molar-refractivity contribution in [3.8, 4) is 0 Å². The van der Waals surface area contributed by atoms with Crippen molar-refractivity contribution in [1.29, 1.82) is 0 Å². The lowest BCUT2D eigenvalue weighted by Crippen LogP contribution is -2.48. The fraction of sp³-hybridized carbons (Fsp3) is 0.318. The first kappa shape index (κ1) is 18.0. The number of hydrogen-bond acceptors (Lipinski definition) is 4. The lowest BCUT2D eigenvalue weighted by Gasteiger charge is -2.36. The zero-order valence-electron chi connectivity index (χ0n) is 15.1. The Kier molecular flexibility index (Phi) is 5.41. The molecule has 2 aromatic heterocycles. The van der Waals surface area contributed by atoms with Gasteiger partial charge in [-0.15, -0.1) is 11.3 Å². The number of furan rings is 1. The molecule has 1 fully saturated rings. The zero-order chi connectivity index (χ0) is 18.5. The first-order valence-corrected chi connectivity index (χ1v) is 10.2. The number of ether oxygens (including phenoxy) is 1. The zero-order valence-corrected chi connectivity index (χ0v) is 15.9. The lowest BCUT2D eigenvalue weighted by atomic mass is 9.73. The maximum atomic E-state index is 13.4. The molecule has 4 rings (SSSR count). The fourth-order valence-electron chi connectivity index (χ4n) is 3.81. The number of carbonyl (C=O) groups excluding carboxylic acids is 1. The van der Waals surface area contributed by atoms with Gasteiger partial charge in [0.25, 0.3) is 0 Å². The number of carbonyl (C=O) groups is 1. The van der Waals surface area contributed by atoms with Crippen molar-refractivity contribution in [3.05, 3.63) is 82.4 Å². The molecule has 27 heavy (non-hydrogen) atoms. The van der Waals surface area contributed by atoms with Gasteiger partial charge in [0.2, 0.25) is 5.91 Å². The molecule has 0 spiro atoms. The number of nitrogens with one attached hydrogen (secondary N) is 1. The van der Waals surface area contributed by atoms with Crippen LogP contribution >= 0.6 is 11.3 Å². The van der Waals surface area contributed by atoms with E-state index < -0.39 is 5.41 Å². The van der Waals surface area contributed by atoms with Crippen molar-refractivity contribution in [2.75, 3.05) is 19.8 Å². The van der Waals surface area contributed by atoms with Crippen LogP contribution in [-0.2, 0) is 14.9 Å². The highest BCUT2D eigenvalue weighted by molar-refractivity contribution is 7.10. The maximum absolute atomic E-state index is 13.4. The minimum Gasteiger partial charge on any atom is -0.469 e. The summed E-state index contributed by atoms with van der Waals surface area (Å²) < 4.78 is 11.2. The molecule has 0 radical (unpaired) electrons. The van der Waals surface area contributed by atoms with Crippen LogP contribution in [0.4, 0.5) is 0 Å². The average molecular weight is 381 g/mol. The van der Waals surface area contributed by atoms with Crippen molar-refractivity contribution < 1.29 is 13.9 Å². The minimum absolute atomic E-state index is 0.0246. The molecule has 1 aliphatic rings. The molecule has 0 bridgehead atoms. The second-order valence-corrected chi connectivity index (χ2v) is 7.83. The Bertz CT molecular complexity index is 803. The van der Waals surface area contributed by atoms with Gasteiger partial charge in [0, 0.05) is 24.6 Å². The van der Waals surface area contributed by atoms with Crippen LogP contribution < -0.4 is 5.32 Å². The number of rotatable bonds is 6. The molecule has 0 saturated carbocycles. The molecule has 4 nitrogen and oxygen atoms in total. The van der Waals surface area contributed by atoms with Crippen LogP contribution in [0.3, 0.4) is 0 Å². The average Bonchev–Trinajstić information content (AvgIpc) is 3.44. The summed E-state index contributed by atoms with van der Waals surface area (Å²) >= 11 is 1.68. The summed E-state index contributed by atoms with van der Waals surface area (Å²) in [5, 5.41) is 5.27. The predicted octanol–water partition coefficient (Wildman–Crippen LogP) is 4.34. The van der Waals surface area contributed by atoms with Gasteiger partial charge in [0.05, 0.1) is 17.6 Å². The van der Waals surface area contributed by atoms with Crippen LogP contribution in [0.5, 0.6) is 0 Å². The van der Waals surface area contributed by atoms with Crippen molar-refractivity contribution in [2.24, 2.45) is 0 Å². The van der Waals surface area contributed by atoms with Gasteiger partial charge in [-0.1, -0.05) is 36.4 Å². The third-order valence-electron chi connectivity index (χ3n) is 5.35. The highest BCUT2D eigenvalue weighted by Gasteiger charge is 2.41. The Morgan fingerprint density at radius 3 is 2.56 bits per heavy atom. The quantitative estimate of drug-likeness (QED) is 0.691. The molecular weight excluding hydrogens is 358 g/mol. The predicted molar refractivity (Wildman–Crippen MR) is 106 cm³/mol. The Morgan fingerprint density at radius 1 is 1.07 bits per heavy atom. The maximum Gasteiger partial charge on any atom is 0.230 e. The third kappa shape index (κ3) is 3.70. The van der Waals surface area contributed by atoms with Gasteiger partial charge in [-0.2, -0.15) is 0 Å². The number of thiophene rings is 1. The smallest absolute Gasteiger partial charge is 0.230 e. The highest BCUT2D eigenvalue weighted by atomic mass is 32.1. The van der Waals surface area contributed by atoms with E-state index in [0.29, 0.717) is 32.6 Å². The van der Waals surface area contributed by atoms with Crippen molar-refractivity contribution in [2.45, 2.75) is 24.2 Å². The van der Waals surface area contributed by atoms with Gasteiger partial charge in [-0.3, -0.25) is 4.79 Å². The van der Waals surface area contributed by atoms with E-state index in [0.717, 1.165) is 11.3 Å². The van der Waals surface area contributed by atoms with E-state index in [4.69, 9.17) is 9.15 Å². The Balaban J connectivity index is 1.56. The molecule has 140 valence electrons. The van der Waals surface area contributed by atoms with Gasteiger partial charge < -0.3 is 14.5 Å². The summed E-state index contributed by atoms with van der Waals surface area (Å²) in [6, 6.07) is 18.1. The molecular formula is C22H23NO3S. The first-order chi connectivity index (χ1) is 13.3. The van der Waals surface area contributed by atoms with Crippen LogP contribution in [0.15, 0.2) is 70.7 Å². The van der Waals surface area contributed by atoms with Crippen LogP contribution in [0.1, 0.15) is 35.0 Å². The van der Waals surface area contributed by atoms with Gasteiger partial charge >= 0.3 is 0 Å². The third-order valence-corrected chi connectivity index (χ3v) is 6.33. The second kappa shape index (κ2) is 8.11. The molecule has 0 aliphatic carbocycles. The summed E-state index contributed by atoms with van der Waals surface area (Å²) in [6.45, 7) is 1.73. The van der Waals surface area contributed by atoms with E-state index in [-0.39, 0.29) is 11.8 Å². The lowest BCUT2D eigenvalue weighted by molar-refractivity contribution is -0.130. The van der Waals surface area contributed by atoms with Gasteiger partial charge in [0.1, 0.15) is 5.76 Å². The van der Waals surface area contributed by atoms with E-state index in [1.807, 2.05) is 48.5 Å². The Hall–Kier alpha value is -2.37. The van der Waals surface area contributed by atoms with Crippen LogP contribution in [0, 0.1) is 0 Å². The van der Waals surface area contributed by atoms with E-state index in [1.54, 1.807) is 17.6 Å². The number of amides is 1. The second-order valence-electron chi connectivity index (χ2n) is 6.85. The van der Waals surface area contributed by atoms with Crippen molar-refractivity contribution >= 4 is 17.2 Å². The van der Waals surface area contributed by atoms with Crippen LogP contribution in [-0.4, -0.2) is 25.7 Å². The van der Waals surface area contributed by atoms with Crippen LogP contribution in [0.2, 0.25) is 0 Å². The van der Waals surface area contributed by atoms with Crippen LogP contribution in [0.25, 0.3) is 0 Å². The molecule has 1 amide bonds. The topological polar surface area (TPSA) is 51.5 Å². The first-order valence-electron chi connectivity index (χ1n) is 9.28. The largest absolute Gasteiger partial charge is 0.469 e. The van der Waals surface area contributed by atoms with Crippen molar-refractivity contribution in [1.82, 2.24) is 5.32 Å². The molecule has 5 heteroatoms. The van der Waals surface area contributed by atoms with E-state index >= 15 is 0 Å². The number of benzene rings is 1. The molecule has 3 heterocycles. The van der Waals surface area contributed by atoms with E-state index in [2.05, 4.69) is 16.8 Å². The van der Waals surface area contributed by atoms with Gasteiger partial charge in [-0.05, 0) is 42.0 Å². The summed E-state index contributed by atoms with van der Waals surface area (Å²) in [4.78, 5) is 14.6. The molecule has 3 aromatic rings. The van der Waals surface area contributed by atoms with Gasteiger partial charge in [-0.25, -0.2) is 0 Å². The normalized spacial score (nSPS) is 17.3. The Morgan fingerprint density at radius 2 is 1.89 bits per heavy atom. The fourth-order valence-corrected chi connectivity index (χ4v) is 4.64. The van der Waals surface area contributed by atoms with E-state index in [9.17, 15) is 4.79 Å². The molecule has 1 unspecified atom stereocenters. The molecule has 1 aliphatic heterocycles. The Labute approximate surface area is 163 Å². The summed E-state index contributed by atoms with van der Waals surface area (Å²) in [6.07, 6.45) is 3.09. The molecule has 1 atom stereocenters. The number of hydrogen-bond donors (Lipinski definition) is 1. The van der Waals surface area contributed by atoms with E-state index in [1.165, 1.54) is 4.88 Å². The minimum atomic E-state index is -0.525.